The second kappa shape index (κ2) is 10.7. The van der Waals surface area contributed by atoms with Crippen LogP contribution < -0.4 is 10.6 Å². The Morgan fingerprint density at radius 2 is 1.59 bits per heavy atom. The van der Waals surface area contributed by atoms with Crippen LogP contribution in [0.1, 0.15) is 40.0 Å². The van der Waals surface area contributed by atoms with Crippen molar-refractivity contribution in [1.29, 1.82) is 0 Å². The first-order valence-corrected chi connectivity index (χ1v) is 8.32. The number of hydrogen-bond donors (Lipinski definition) is 6. The zero-order valence-corrected chi connectivity index (χ0v) is 15.7. The largest absolute Gasteiger partial charge is 0.481 e. The number of carboxylic acids is 3. The second-order valence-electron chi connectivity index (χ2n) is 7.22. The zero-order valence-electron chi connectivity index (χ0n) is 15.7. The summed E-state index contributed by atoms with van der Waals surface area (Å²) in [4.78, 5) is 41.7. The van der Waals surface area contributed by atoms with E-state index in [1.165, 1.54) is 0 Å². The molecule has 0 aromatic rings. The van der Waals surface area contributed by atoms with Crippen LogP contribution in [-0.2, 0) is 19.1 Å². The third-order valence-electron chi connectivity index (χ3n) is 3.38. The number of carbonyl (C=O) groups is 4. The Bertz CT molecular complexity index is 520. The lowest BCUT2D eigenvalue weighted by molar-refractivity contribution is -0.170. The Morgan fingerprint density at radius 3 is 1.93 bits per heavy atom. The maximum Gasteiger partial charge on any atom is 0.407 e. The van der Waals surface area contributed by atoms with Crippen molar-refractivity contribution in [2.24, 2.45) is 5.92 Å². The number of aliphatic carboxylic acids is 3. The van der Waals surface area contributed by atoms with Gasteiger partial charge in [0.25, 0.3) is 0 Å². The van der Waals surface area contributed by atoms with Gasteiger partial charge in [0.15, 0.2) is 5.60 Å². The molecule has 0 radical (unpaired) electrons. The molecular formula is C16H28N2O9. The van der Waals surface area contributed by atoms with Crippen molar-refractivity contribution < 1.29 is 44.3 Å². The second-order valence-corrected chi connectivity index (χ2v) is 7.22. The molecule has 1 rings (SSSR count). The van der Waals surface area contributed by atoms with Crippen molar-refractivity contribution in [1.82, 2.24) is 10.6 Å². The van der Waals surface area contributed by atoms with Gasteiger partial charge in [-0.25, -0.2) is 9.59 Å². The van der Waals surface area contributed by atoms with Crippen molar-refractivity contribution in [2.75, 3.05) is 19.6 Å². The standard InChI is InChI=1S/C10H20N2O2.C6H8O7/c1-10(2,3)14-9(13)12-7-8-4-5-11-6-8;7-3(8)1-6(13,5(11)12)2-4(9)10/h8,11H,4-7H2,1-3H3,(H,12,13);13H,1-2H2,(H,7,8)(H,9,10)(H,11,12)/t8-;/m1./s1. The average Bonchev–Trinajstić information content (AvgIpc) is 2.95. The predicted octanol–water partition coefficient (Wildman–Crippen LogP) is -0.128. The summed E-state index contributed by atoms with van der Waals surface area (Å²) in [6, 6.07) is 0. The van der Waals surface area contributed by atoms with E-state index < -0.39 is 42.0 Å². The van der Waals surface area contributed by atoms with E-state index in [0.717, 1.165) is 19.5 Å². The molecule has 1 saturated heterocycles. The lowest BCUT2D eigenvalue weighted by Gasteiger charge is -2.20. The lowest BCUT2D eigenvalue weighted by Crippen LogP contribution is -2.42. The highest BCUT2D eigenvalue weighted by Crippen LogP contribution is 2.15. The molecule has 1 aliphatic rings. The first kappa shape index (κ1) is 24.6. The molecule has 0 spiro atoms. The third kappa shape index (κ3) is 11.8. The normalized spacial score (nSPS) is 16.7. The van der Waals surface area contributed by atoms with E-state index in [0.29, 0.717) is 12.5 Å². The smallest absolute Gasteiger partial charge is 0.407 e. The molecule has 0 bridgehead atoms. The molecule has 1 aliphatic heterocycles. The average molecular weight is 392 g/mol. The molecule has 1 fully saturated rings. The summed E-state index contributed by atoms with van der Waals surface area (Å²) < 4.78 is 5.13. The highest BCUT2D eigenvalue weighted by molar-refractivity contribution is 5.88. The summed E-state index contributed by atoms with van der Waals surface area (Å²) in [7, 11) is 0. The minimum atomic E-state index is -2.74. The highest BCUT2D eigenvalue weighted by Gasteiger charge is 2.40. The summed E-state index contributed by atoms with van der Waals surface area (Å²) in [5.74, 6) is -4.46. The van der Waals surface area contributed by atoms with Crippen molar-refractivity contribution >= 4 is 24.0 Å². The molecule has 11 heteroatoms. The van der Waals surface area contributed by atoms with Gasteiger partial charge in [0.2, 0.25) is 0 Å². The number of nitrogens with one attached hydrogen (secondary N) is 2. The van der Waals surface area contributed by atoms with Crippen LogP contribution in [0.2, 0.25) is 0 Å². The molecule has 27 heavy (non-hydrogen) atoms. The Balaban J connectivity index is 0.000000503. The van der Waals surface area contributed by atoms with Gasteiger partial charge in [-0.2, -0.15) is 0 Å². The molecule has 0 unspecified atom stereocenters. The number of carboxylic acid groups (broad SMARTS) is 3. The molecule has 0 saturated carbocycles. The Morgan fingerprint density at radius 1 is 1.07 bits per heavy atom. The predicted molar refractivity (Wildman–Crippen MR) is 92.3 cm³/mol. The van der Waals surface area contributed by atoms with Gasteiger partial charge < -0.3 is 35.8 Å². The minimum absolute atomic E-state index is 0.315. The van der Waals surface area contributed by atoms with Crippen molar-refractivity contribution in [3.05, 3.63) is 0 Å². The summed E-state index contributed by atoms with van der Waals surface area (Å²) in [5.41, 5.74) is -3.14. The maximum absolute atomic E-state index is 11.3. The number of aliphatic hydroxyl groups is 1. The fourth-order valence-electron chi connectivity index (χ4n) is 2.14. The Kier molecular flexibility index (Phi) is 9.73. The molecule has 11 nitrogen and oxygen atoms in total. The highest BCUT2D eigenvalue weighted by atomic mass is 16.6. The van der Waals surface area contributed by atoms with Crippen molar-refractivity contribution in [3.63, 3.8) is 0 Å². The fraction of sp³-hybridized carbons (Fsp3) is 0.750. The van der Waals surface area contributed by atoms with E-state index in [4.69, 9.17) is 25.2 Å². The molecular weight excluding hydrogens is 364 g/mol. The van der Waals surface area contributed by atoms with E-state index in [2.05, 4.69) is 10.6 Å². The Labute approximate surface area is 156 Å². The van der Waals surface area contributed by atoms with Crippen LogP contribution in [0.3, 0.4) is 0 Å². The first-order valence-electron chi connectivity index (χ1n) is 8.32. The molecule has 1 atom stereocenters. The van der Waals surface area contributed by atoms with Crippen LogP contribution in [0, 0.1) is 5.92 Å². The number of carbonyl (C=O) groups excluding carboxylic acids is 1. The number of ether oxygens (including phenoxy) is 1. The lowest BCUT2D eigenvalue weighted by atomic mass is 9.96. The number of alkyl carbamates (subject to hydrolysis) is 1. The number of hydrogen-bond acceptors (Lipinski definition) is 7. The van der Waals surface area contributed by atoms with E-state index >= 15 is 0 Å². The molecule has 0 aromatic heterocycles. The van der Waals surface area contributed by atoms with E-state index in [9.17, 15) is 19.2 Å². The van der Waals surface area contributed by atoms with Crippen LogP contribution in [-0.4, -0.2) is 75.3 Å². The summed E-state index contributed by atoms with van der Waals surface area (Å²) in [6.45, 7) is 8.36. The van der Waals surface area contributed by atoms with Gasteiger partial charge in [-0.1, -0.05) is 0 Å². The molecule has 156 valence electrons. The summed E-state index contributed by atoms with van der Waals surface area (Å²) >= 11 is 0. The topological polar surface area (TPSA) is 182 Å². The third-order valence-corrected chi connectivity index (χ3v) is 3.38. The molecule has 0 aliphatic carbocycles. The monoisotopic (exact) mass is 392 g/mol. The molecule has 6 N–H and O–H groups in total. The molecule has 0 aromatic carbocycles. The van der Waals surface area contributed by atoms with Crippen LogP contribution in [0.4, 0.5) is 4.79 Å². The minimum Gasteiger partial charge on any atom is -0.481 e. The fourth-order valence-corrected chi connectivity index (χ4v) is 2.14. The quantitative estimate of drug-likeness (QED) is 0.341. The molecule has 1 amide bonds. The van der Waals surface area contributed by atoms with Gasteiger partial charge >= 0.3 is 24.0 Å². The number of amides is 1. The van der Waals surface area contributed by atoms with Gasteiger partial charge in [-0.3, -0.25) is 9.59 Å². The Hall–Kier alpha value is -2.40. The van der Waals surface area contributed by atoms with Crippen molar-refractivity contribution in [3.8, 4) is 0 Å². The van der Waals surface area contributed by atoms with E-state index in [1.807, 2.05) is 20.8 Å². The summed E-state index contributed by atoms with van der Waals surface area (Å²) in [5, 5.41) is 39.8. The zero-order chi connectivity index (χ0) is 21.3. The van der Waals surface area contributed by atoms with Crippen LogP contribution in [0.25, 0.3) is 0 Å². The van der Waals surface area contributed by atoms with E-state index in [1.54, 1.807) is 0 Å². The van der Waals surface area contributed by atoms with Crippen LogP contribution in [0.15, 0.2) is 0 Å². The van der Waals surface area contributed by atoms with Crippen molar-refractivity contribution in [2.45, 2.75) is 51.2 Å². The van der Waals surface area contributed by atoms with Gasteiger partial charge in [0.05, 0.1) is 12.8 Å². The first-order chi connectivity index (χ1) is 12.2. The van der Waals surface area contributed by atoms with Gasteiger partial charge in [-0.15, -0.1) is 0 Å². The SMILES string of the molecule is CC(C)(C)OC(=O)NC[C@@H]1CCNC1.O=C(O)CC(O)(CC(=O)O)C(=O)O. The maximum atomic E-state index is 11.3. The van der Waals surface area contributed by atoms with Gasteiger partial charge in [0.1, 0.15) is 5.60 Å². The van der Waals surface area contributed by atoms with Gasteiger partial charge in [0, 0.05) is 6.54 Å². The summed E-state index contributed by atoms with van der Waals surface area (Å²) in [6.07, 6.45) is -1.47. The van der Waals surface area contributed by atoms with Gasteiger partial charge in [-0.05, 0) is 46.2 Å². The molecule has 1 heterocycles. The van der Waals surface area contributed by atoms with Crippen LogP contribution in [0.5, 0.6) is 0 Å². The van der Waals surface area contributed by atoms with E-state index in [-0.39, 0.29) is 6.09 Å². The van der Waals surface area contributed by atoms with Crippen LogP contribution >= 0.6 is 0 Å². The number of rotatable bonds is 7.